The fraction of sp³-hybridized carbons (Fsp3) is 0.286. The minimum atomic E-state index is 0.0345. The van der Waals surface area contributed by atoms with Crippen LogP contribution in [0.15, 0.2) is 48.5 Å². The molecule has 5 nitrogen and oxygen atoms in total. The molecule has 0 saturated heterocycles. The molecule has 0 aliphatic carbocycles. The molecule has 1 atom stereocenters. The van der Waals surface area contributed by atoms with Gasteiger partial charge in [-0.2, -0.15) is 5.10 Å². The first-order chi connectivity index (χ1) is 12.6. The summed E-state index contributed by atoms with van der Waals surface area (Å²) < 4.78 is 12.8. The van der Waals surface area contributed by atoms with Crippen molar-refractivity contribution in [2.45, 2.75) is 19.8 Å². The van der Waals surface area contributed by atoms with Crippen molar-refractivity contribution in [3.63, 3.8) is 0 Å². The summed E-state index contributed by atoms with van der Waals surface area (Å²) in [4.78, 5) is 0. The van der Waals surface area contributed by atoms with Crippen LogP contribution in [0, 0.1) is 13.8 Å². The van der Waals surface area contributed by atoms with Crippen LogP contribution in [-0.4, -0.2) is 30.5 Å². The van der Waals surface area contributed by atoms with E-state index in [9.17, 15) is 0 Å². The summed E-state index contributed by atoms with van der Waals surface area (Å²) in [5.41, 5.74) is 11.5. The zero-order valence-corrected chi connectivity index (χ0v) is 15.7. The monoisotopic (exact) mass is 351 g/mol. The van der Waals surface area contributed by atoms with E-state index in [1.807, 2.05) is 48.0 Å². The van der Waals surface area contributed by atoms with Gasteiger partial charge in [0, 0.05) is 23.7 Å². The first-order valence-corrected chi connectivity index (χ1v) is 8.64. The summed E-state index contributed by atoms with van der Waals surface area (Å²) in [5.74, 6) is 1.45. The zero-order chi connectivity index (χ0) is 18.7. The number of hydrogen-bond acceptors (Lipinski definition) is 4. The van der Waals surface area contributed by atoms with E-state index in [4.69, 9.17) is 20.3 Å². The lowest BCUT2D eigenvalue weighted by molar-refractivity contribution is 0.354. The van der Waals surface area contributed by atoms with Gasteiger partial charge in [-0.15, -0.1) is 0 Å². The van der Waals surface area contributed by atoms with Crippen molar-refractivity contribution < 1.29 is 9.47 Å². The Hall–Kier alpha value is -2.79. The van der Waals surface area contributed by atoms with Crippen LogP contribution >= 0.6 is 0 Å². The van der Waals surface area contributed by atoms with Gasteiger partial charge in [-0.3, -0.25) is 0 Å². The molecule has 1 heterocycles. The maximum Gasteiger partial charge on any atom is 0.161 e. The first-order valence-electron chi connectivity index (χ1n) is 8.64. The summed E-state index contributed by atoms with van der Waals surface area (Å²) >= 11 is 0. The zero-order valence-electron chi connectivity index (χ0n) is 15.7. The quantitative estimate of drug-likeness (QED) is 0.737. The van der Waals surface area contributed by atoms with E-state index in [0.29, 0.717) is 18.0 Å². The average Bonchev–Trinajstić information content (AvgIpc) is 2.98. The molecule has 0 aliphatic rings. The van der Waals surface area contributed by atoms with Crippen molar-refractivity contribution >= 4 is 0 Å². The molecule has 5 heteroatoms. The number of para-hydroxylation sites is 1. The molecule has 0 saturated carbocycles. The minimum absolute atomic E-state index is 0.0345. The Morgan fingerprint density at radius 1 is 1.00 bits per heavy atom. The largest absolute Gasteiger partial charge is 0.493 e. The number of nitrogens with two attached hydrogens (primary N) is 1. The molecule has 0 bridgehead atoms. The highest BCUT2D eigenvalue weighted by atomic mass is 16.5. The van der Waals surface area contributed by atoms with Crippen molar-refractivity contribution in [3.8, 4) is 17.2 Å². The maximum atomic E-state index is 6.18. The minimum Gasteiger partial charge on any atom is -0.493 e. The molecule has 0 amide bonds. The number of ether oxygens (including phenoxy) is 2. The fourth-order valence-electron chi connectivity index (χ4n) is 3.47. The van der Waals surface area contributed by atoms with Crippen LogP contribution in [0.4, 0.5) is 0 Å². The Bertz CT molecular complexity index is 888. The highest BCUT2D eigenvalue weighted by Gasteiger charge is 2.23. The molecule has 0 aliphatic heterocycles. The van der Waals surface area contributed by atoms with Gasteiger partial charge in [-0.25, -0.2) is 4.68 Å². The average molecular weight is 351 g/mol. The van der Waals surface area contributed by atoms with Crippen molar-refractivity contribution in [1.82, 2.24) is 9.78 Å². The van der Waals surface area contributed by atoms with E-state index in [2.05, 4.69) is 19.1 Å². The van der Waals surface area contributed by atoms with Gasteiger partial charge in [0.05, 0.1) is 25.6 Å². The fourth-order valence-corrected chi connectivity index (χ4v) is 3.47. The number of rotatable bonds is 6. The molecule has 2 aromatic carbocycles. The summed E-state index contributed by atoms with van der Waals surface area (Å²) in [7, 11) is 3.28. The molecule has 2 N–H and O–H groups in total. The molecule has 3 rings (SSSR count). The lowest BCUT2D eigenvalue weighted by Gasteiger charge is -2.18. The summed E-state index contributed by atoms with van der Waals surface area (Å²) in [6.45, 7) is 4.61. The second-order valence-electron chi connectivity index (χ2n) is 6.23. The summed E-state index contributed by atoms with van der Waals surface area (Å²) in [6, 6.07) is 16.1. The molecule has 0 spiro atoms. The van der Waals surface area contributed by atoms with E-state index < -0.39 is 0 Å². The number of benzene rings is 2. The number of hydrogen-bond donors (Lipinski definition) is 1. The van der Waals surface area contributed by atoms with Crippen LogP contribution in [0.1, 0.15) is 28.4 Å². The summed E-state index contributed by atoms with van der Waals surface area (Å²) in [5, 5.41) is 4.76. The van der Waals surface area contributed by atoms with Crippen molar-refractivity contribution in [2.24, 2.45) is 5.73 Å². The van der Waals surface area contributed by atoms with Gasteiger partial charge in [-0.1, -0.05) is 24.3 Å². The Kier molecular flexibility index (Phi) is 5.28. The standard InChI is InChI=1S/C21H25N3O2/c1-14-21(15(2)24(23-14)17-8-6-5-7-9-17)18(13-22)16-10-11-19(25-3)20(12-16)26-4/h5-12,18H,13,22H2,1-4H3. The molecule has 26 heavy (non-hydrogen) atoms. The number of aryl methyl sites for hydroxylation is 1. The van der Waals surface area contributed by atoms with Gasteiger partial charge < -0.3 is 15.2 Å². The third-order valence-corrected chi connectivity index (χ3v) is 4.74. The normalized spacial score (nSPS) is 12.0. The van der Waals surface area contributed by atoms with Gasteiger partial charge in [0.1, 0.15) is 0 Å². The number of nitrogens with zero attached hydrogens (tertiary/aromatic N) is 2. The summed E-state index contributed by atoms with van der Waals surface area (Å²) in [6.07, 6.45) is 0. The molecule has 3 aromatic rings. The van der Waals surface area contributed by atoms with E-state index >= 15 is 0 Å². The lowest BCUT2D eigenvalue weighted by atomic mass is 9.89. The SMILES string of the molecule is COc1ccc(C(CN)c2c(C)nn(-c3ccccc3)c2C)cc1OC. The molecule has 1 aromatic heterocycles. The van der Waals surface area contributed by atoms with Crippen LogP contribution in [0.5, 0.6) is 11.5 Å². The Morgan fingerprint density at radius 3 is 2.31 bits per heavy atom. The van der Waals surface area contributed by atoms with E-state index in [1.165, 1.54) is 0 Å². The second-order valence-corrected chi connectivity index (χ2v) is 6.23. The first kappa shape index (κ1) is 18.0. The topological polar surface area (TPSA) is 62.3 Å². The van der Waals surface area contributed by atoms with Crippen molar-refractivity contribution in [3.05, 3.63) is 71.0 Å². The lowest BCUT2D eigenvalue weighted by Crippen LogP contribution is -2.15. The predicted molar refractivity (Wildman–Crippen MR) is 103 cm³/mol. The Labute approximate surface area is 154 Å². The number of methoxy groups -OCH3 is 2. The van der Waals surface area contributed by atoms with Crippen LogP contribution in [0.2, 0.25) is 0 Å². The van der Waals surface area contributed by atoms with Gasteiger partial charge in [0.2, 0.25) is 0 Å². The van der Waals surface area contributed by atoms with Crippen molar-refractivity contribution in [1.29, 1.82) is 0 Å². The Balaban J connectivity index is 2.08. The highest BCUT2D eigenvalue weighted by Crippen LogP contribution is 2.35. The molecular formula is C21H25N3O2. The predicted octanol–water partition coefficient (Wildman–Crippen LogP) is 3.60. The molecule has 1 unspecified atom stereocenters. The van der Waals surface area contributed by atoms with E-state index in [-0.39, 0.29) is 5.92 Å². The molecule has 0 radical (unpaired) electrons. The van der Waals surface area contributed by atoms with E-state index in [1.54, 1.807) is 14.2 Å². The van der Waals surface area contributed by atoms with Gasteiger partial charge >= 0.3 is 0 Å². The molecule has 136 valence electrons. The maximum absolute atomic E-state index is 6.18. The van der Waals surface area contributed by atoms with Gasteiger partial charge in [-0.05, 0) is 43.7 Å². The number of aromatic nitrogens is 2. The van der Waals surface area contributed by atoms with Crippen LogP contribution in [0.25, 0.3) is 5.69 Å². The van der Waals surface area contributed by atoms with Crippen molar-refractivity contribution in [2.75, 3.05) is 20.8 Å². The van der Waals surface area contributed by atoms with Crippen LogP contribution in [0.3, 0.4) is 0 Å². The van der Waals surface area contributed by atoms with Gasteiger partial charge in [0.15, 0.2) is 11.5 Å². The molecule has 0 fully saturated rings. The van der Waals surface area contributed by atoms with Gasteiger partial charge in [0.25, 0.3) is 0 Å². The third kappa shape index (κ3) is 3.18. The van der Waals surface area contributed by atoms with Crippen LogP contribution in [-0.2, 0) is 0 Å². The third-order valence-electron chi connectivity index (χ3n) is 4.74. The highest BCUT2D eigenvalue weighted by molar-refractivity contribution is 5.48. The second kappa shape index (κ2) is 7.62. The molecular weight excluding hydrogens is 326 g/mol. The Morgan fingerprint density at radius 2 is 1.69 bits per heavy atom. The van der Waals surface area contributed by atoms with Crippen LogP contribution < -0.4 is 15.2 Å². The van der Waals surface area contributed by atoms with E-state index in [0.717, 1.165) is 28.2 Å². The smallest absolute Gasteiger partial charge is 0.161 e.